The van der Waals surface area contributed by atoms with Crippen LogP contribution in [0.15, 0.2) is 18.2 Å². The SMILES string of the molecule is COc1c(Cl)cccc1C(=O)CF. The Balaban J connectivity index is 3.20. The molecule has 2 nitrogen and oxygen atoms in total. The van der Waals surface area contributed by atoms with Crippen LogP contribution < -0.4 is 4.74 Å². The predicted molar refractivity (Wildman–Crippen MR) is 48.3 cm³/mol. The number of halogens is 2. The van der Waals surface area contributed by atoms with E-state index >= 15 is 0 Å². The smallest absolute Gasteiger partial charge is 0.197 e. The molecule has 0 aliphatic carbocycles. The third-order valence-corrected chi connectivity index (χ3v) is 1.89. The standard InChI is InChI=1S/C9H8ClFO2/c1-13-9-6(8(12)5-11)3-2-4-7(9)10/h2-4H,5H2,1H3. The van der Waals surface area contributed by atoms with Gasteiger partial charge in [-0.15, -0.1) is 0 Å². The molecule has 1 rings (SSSR count). The molecule has 0 saturated carbocycles. The topological polar surface area (TPSA) is 26.3 Å². The average Bonchev–Trinajstić information content (AvgIpc) is 2.16. The fourth-order valence-corrected chi connectivity index (χ4v) is 1.26. The van der Waals surface area contributed by atoms with Crippen LogP contribution in [-0.4, -0.2) is 19.6 Å². The summed E-state index contributed by atoms with van der Waals surface area (Å²) in [5.74, 6) is -0.397. The van der Waals surface area contributed by atoms with Gasteiger partial charge in [0.25, 0.3) is 0 Å². The Hall–Kier alpha value is -1.09. The van der Waals surface area contributed by atoms with Crippen LogP contribution in [0.4, 0.5) is 4.39 Å². The molecule has 0 aliphatic heterocycles. The number of benzene rings is 1. The second-order valence-electron chi connectivity index (χ2n) is 2.38. The molecule has 0 saturated heterocycles. The van der Waals surface area contributed by atoms with Crippen molar-refractivity contribution in [1.29, 1.82) is 0 Å². The number of para-hydroxylation sites is 1. The number of methoxy groups -OCH3 is 1. The van der Waals surface area contributed by atoms with Crippen molar-refractivity contribution in [1.82, 2.24) is 0 Å². The number of hydrogen-bond acceptors (Lipinski definition) is 2. The Morgan fingerprint density at radius 3 is 2.85 bits per heavy atom. The summed E-state index contributed by atoms with van der Waals surface area (Å²) in [4.78, 5) is 11.0. The second kappa shape index (κ2) is 4.23. The second-order valence-corrected chi connectivity index (χ2v) is 2.78. The summed E-state index contributed by atoms with van der Waals surface area (Å²) < 4.78 is 17.0. The highest BCUT2D eigenvalue weighted by atomic mass is 35.5. The molecule has 1 aromatic carbocycles. The summed E-state index contributed by atoms with van der Waals surface area (Å²) in [6, 6.07) is 4.63. The monoisotopic (exact) mass is 202 g/mol. The third-order valence-electron chi connectivity index (χ3n) is 1.59. The minimum atomic E-state index is -1.04. The molecule has 0 atom stereocenters. The van der Waals surface area contributed by atoms with Gasteiger partial charge in [-0.25, -0.2) is 4.39 Å². The Morgan fingerprint density at radius 2 is 2.31 bits per heavy atom. The van der Waals surface area contributed by atoms with Crippen molar-refractivity contribution in [3.8, 4) is 5.75 Å². The quantitative estimate of drug-likeness (QED) is 0.704. The van der Waals surface area contributed by atoms with E-state index in [1.54, 1.807) is 12.1 Å². The van der Waals surface area contributed by atoms with Crippen LogP contribution in [0.3, 0.4) is 0 Å². The zero-order valence-corrected chi connectivity index (χ0v) is 7.77. The van der Waals surface area contributed by atoms with Crippen molar-refractivity contribution in [2.24, 2.45) is 0 Å². The van der Waals surface area contributed by atoms with E-state index < -0.39 is 12.5 Å². The van der Waals surface area contributed by atoms with Gasteiger partial charge in [-0.3, -0.25) is 4.79 Å². The Morgan fingerprint density at radius 1 is 1.62 bits per heavy atom. The minimum absolute atomic E-state index is 0.178. The first-order valence-corrected chi connectivity index (χ1v) is 4.00. The molecule has 70 valence electrons. The molecule has 0 amide bonds. The van der Waals surface area contributed by atoms with Crippen molar-refractivity contribution in [3.63, 3.8) is 0 Å². The molecule has 0 aromatic heterocycles. The predicted octanol–water partition coefficient (Wildman–Crippen LogP) is 2.50. The molecule has 0 N–H and O–H groups in total. The minimum Gasteiger partial charge on any atom is -0.494 e. The highest BCUT2D eigenvalue weighted by molar-refractivity contribution is 6.32. The van der Waals surface area contributed by atoms with Gasteiger partial charge in [-0.2, -0.15) is 0 Å². The summed E-state index contributed by atoms with van der Waals surface area (Å²) in [6.45, 7) is -1.04. The largest absolute Gasteiger partial charge is 0.494 e. The number of carbonyl (C=O) groups excluding carboxylic acids is 1. The molecule has 0 bridgehead atoms. The summed E-state index contributed by atoms with van der Waals surface area (Å²) in [5, 5.41) is 0.307. The number of ether oxygens (including phenoxy) is 1. The van der Waals surface area contributed by atoms with Gasteiger partial charge in [0.1, 0.15) is 5.75 Å². The molecule has 13 heavy (non-hydrogen) atoms. The normalized spacial score (nSPS) is 9.77. The summed E-state index contributed by atoms with van der Waals surface area (Å²) in [5.41, 5.74) is 0.178. The zero-order valence-electron chi connectivity index (χ0n) is 7.01. The molecule has 0 fully saturated rings. The van der Waals surface area contributed by atoms with E-state index in [0.717, 1.165) is 0 Å². The maximum atomic E-state index is 12.1. The Labute approximate surface area is 80.3 Å². The van der Waals surface area contributed by atoms with Crippen LogP contribution in [-0.2, 0) is 0 Å². The van der Waals surface area contributed by atoms with E-state index in [2.05, 4.69) is 0 Å². The lowest BCUT2D eigenvalue weighted by Crippen LogP contribution is -2.03. The fourth-order valence-electron chi connectivity index (χ4n) is 1.01. The summed E-state index contributed by atoms with van der Waals surface area (Å²) >= 11 is 5.73. The van der Waals surface area contributed by atoms with E-state index in [1.807, 2.05) is 0 Å². The maximum Gasteiger partial charge on any atom is 0.197 e. The van der Waals surface area contributed by atoms with Crippen molar-refractivity contribution < 1.29 is 13.9 Å². The first-order chi connectivity index (χ1) is 6.20. The van der Waals surface area contributed by atoms with Crippen LogP contribution in [0.2, 0.25) is 5.02 Å². The van der Waals surface area contributed by atoms with Crippen molar-refractivity contribution in [2.75, 3.05) is 13.8 Å². The van der Waals surface area contributed by atoms with E-state index in [4.69, 9.17) is 16.3 Å². The van der Waals surface area contributed by atoms with Crippen LogP contribution in [0.25, 0.3) is 0 Å². The molecule has 0 heterocycles. The van der Waals surface area contributed by atoms with Gasteiger partial charge < -0.3 is 4.74 Å². The lowest BCUT2D eigenvalue weighted by Gasteiger charge is -2.06. The van der Waals surface area contributed by atoms with Crippen LogP contribution in [0.5, 0.6) is 5.75 Å². The summed E-state index contributed by atoms with van der Waals surface area (Å²) in [6.07, 6.45) is 0. The maximum absolute atomic E-state index is 12.1. The molecule has 0 unspecified atom stereocenters. The molecule has 4 heteroatoms. The first kappa shape index (κ1) is 9.99. The molecule has 1 aromatic rings. The Kier molecular flexibility index (Phi) is 3.25. The first-order valence-electron chi connectivity index (χ1n) is 3.62. The average molecular weight is 203 g/mol. The molecule has 0 aliphatic rings. The summed E-state index contributed by atoms with van der Waals surface area (Å²) in [7, 11) is 1.39. The molecular formula is C9H8ClFO2. The van der Waals surface area contributed by atoms with Crippen LogP contribution >= 0.6 is 11.6 Å². The number of Topliss-reactive ketones (excluding diaryl/α,β-unsaturated/α-hetero) is 1. The number of rotatable bonds is 3. The van der Waals surface area contributed by atoms with Crippen molar-refractivity contribution >= 4 is 17.4 Å². The lowest BCUT2D eigenvalue weighted by atomic mass is 10.1. The Bertz CT molecular complexity index is 325. The number of hydrogen-bond donors (Lipinski definition) is 0. The van der Waals surface area contributed by atoms with Gasteiger partial charge in [0.2, 0.25) is 0 Å². The number of alkyl halides is 1. The van der Waals surface area contributed by atoms with Crippen LogP contribution in [0, 0.1) is 0 Å². The van der Waals surface area contributed by atoms with Gasteiger partial charge in [0, 0.05) is 0 Å². The van der Waals surface area contributed by atoms with E-state index in [9.17, 15) is 9.18 Å². The lowest BCUT2D eigenvalue weighted by molar-refractivity contribution is 0.0955. The van der Waals surface area contributed by atoms with E-state index in [0.29, 0.717) is 5.02 Å². The molecule has 0 radical (unpaired) electrons. The third kappa shape index (κ3) is 1.98. The van der Waals surface area contributed by atoms with Crippen molar-refractivity contribution in [3.05, 3.63) is 28.8 Å². The van der Waals surface area contributed by atoms with E-state index in [1.165, 1.54) is 13.2 Å². The van der Waals surface area contributed by atoms with Crippen LogP contribution in [0.1, 0.15) is 10.4 Å². The van der Waals surface area contributed by atoms with Gasteiger partial charge in [0.15, 0.2) is 12.5 Å². The highest BCUT2D eigenvalue weighted by Gasteiger charge is 2.13. The van der Waals surface area contributed by atoms with Gasteiger partial charge in [0.05, 0.1) is 17.7 Å². The highest BCUT2D eigenvalue weighted by Crippen LogP contribution is 2.28. The van der Waals surface area contributed by atoms with Crippen molar-refractivity contribution in [2.45, 2.75) is 0 Å². The van der Waals surface area contributed by atoms with Gasteiger partial charge in [-0.1, -0.05) is 17.7 Å². The number of ketones is 1. The fraction of sp³-hybridized carbons (Fsp3) is 0.222. The molecular weight excluding hydrogens is 195 g/mol. The molecule has 0 spiro atoms. The van der Waals surface area contributed by atoms with Gasteiger partial charge >= 0.3 is 0 Å². The van der Waals surface area contributed by atoms with E-state index in [-0.39, 0.29) is 11.3 Å². The number of carbonyl (C=O) groups is 1. The zero-order chi connectivity index (χ0) is 9.84. The van der Waals surface area contributed by atoms with Gasteiger partial charge in [-0.05, 0) is 12.1 Å².